The summed E-state index contributed by atoms with van der Waals surface area (Å²) < 4.78 is 5.92. The molecule has 2 N–H and O–H groups in total. The van der Waals surface area contributed by atoms with Crippen LogP contribution in [0.15, 0.2) is 72.8 Å². The lowest BCUT2D eigenvalue weighted by Gasteiger charge is -2.19. The number of ether oxygens (including phenoxy) is 1. The standard InChI is InChI=1S/C22H22N4O2/c27-22(24-18-9-5-2-6-10-18)19-11-12-20(26-25-19)23-15-17-13-14-28-21(17)16-7-3-1-4-8-16/h1-12,17,21H,13-15H2,(H,23,26)(H,24,27). The molecule has 2 heterocycles. The second-order valence-corrected chi connectivity index (χ2v) is 6.76. The topological polar surface area (TPSA) is 76.1 Å². The summed E-state index contributed by atoms with van der Waals surface area (Å²) in [6, 6.07) is 23.0. The lowest BCUT2D eigenvalue weighted by Crippen LogP contribution is -2.19. The molecule has 1 saturated heterocycles. The van der Waals surface area contributed by atoms with E-state index in [1.807, 2.05) is 48.5 Å². The number of rotatable bonds is 6. The van der Waals surface area contributed by atoms with Crippen LogP contribution in [0.3, 0.4) is 0 Å². The maximum Gasteiger partial charge on any atom is 0.276 e. The number of hydrogen-bond acceptors (Lipinski definition) is 5. The van der Waals surface area contributed by atoms with Crippen LogP contribution in [-0.4, -0.2) is 29.3 Å². The van der Waals surface area contributed by atoms with E-state index in [0.29, 0.717) is 11.7 Å². The number of benzene rings is 2. The zero-order valence-corrected chi connectivity index (χ0v) is 15.4. The molecule has 4 rings (SSSR count). The zero-order valence-electron chi connectivity index (χ0n) is 15.4. The second-order valence-electron chi connectivity index (χ2n) is 6.76. The molecule has 0 spiro atoms. The van der Waals surface area contributed by atoms with Crippen LogP contribution in [0, 0.1) is 5.92 Å². The van der Waals surface area contributed by atoms with Crippen molar-refractivity contribution in [2.75, 3.05) is 23.8 Å². The first-order chi connectivity index (χ1) is 13.8. The van der Waals surface area contributed by atoms with Gasteiger partial charge in [-0.15, -0.1) is 10.2 Å². The number of amides is 1. The van der Waals surface area contributed by atoms with Gasteiger partial charge in [0.1, 0.15) is 5.82 Å². The summed E-state index contributed by atoms with van der Waals surface area (Å²) in [7, 11) is 0. The Labute approximate surface area is 164 Å². The molecule has 2 unspecified atom stereocenters. The molecule has 1 aromatic heterocycles. The Hall–Kier alpha value is -3.25. The Bertz CT molecular complexity index is 901. The van der Waals surface area contributed by atoms with Crippen LogP contribution >= 0.6 is 0 Å². The minimum absolute atomic E-state index is 0.0950. The number of carbonyl (C=O) groups is 1. The van der Waals surface area contributed by atoms with Crippen LogP contribution in [0.5, 0.6) is 0 Å². The molecule has 0 radical (unpaired) electrons. The molecule has 6 nitrogen and oxygen atoms in total. The molecule has 142 valence electrons. The highest BCUT2D eigenvalue weighted by atomic mass is 16.5. The van der Waals surface area contributed by atoms with Gasteiger partial charge in [-0.25, -0.2) is 0 Å². The molecule has 3 aromatic rings. The molecule has 0 saturated carbocycles. The van der Waals surface area contributed by atoms with E-state index < -0.39 is 0 Å². The van der Waals surface area contributed by atoms with Crippen LogP contribution in [0.2, 0.25) is 0 Å². The number of carbonyl (C=O) groups excluding carboxylic acids is 1. The van der Waals surface area contributed by atoms with Crippen molar-refractivity contribution >= 4 is 17.4 Å². The molecule has 1 fully saturated rings. The summed E-state index contributed by atoms with van der Waals surface area (Å²) in [6.45, 7) is 1.50. The maximum absolute atomic E-state index is 12.2. The molecule has 0 aliphatic carbocycles. The minimum atomic E-state index is -0.279. The van der Waals surface area contributed by atoms with Gasteiger partial charge >= 0.3 is 0 Å². The predicted octanol–water partition coefficient (Wildman–Crippen LogP) is 3.92. The summed E-state index contributed by atoms with van der Waals surface area (Å²) in [5, 5.41) is 14.3. The molecule has 1 aliphatic rings. The van der Waals surface area contributed by atoms with Gasteiger partial charge in [-0.2, -0.15) is 0 Å². The van der Waals surface area contributed by atoms with Crippen LogP contribution in [0.4, 0.5) is 11.5 Å². The first kappa shape index (κ1) is 18.1. The smallest absolute Gasteiger partial charge is 0.276 e. The number of nitrogens with one attached hydrogen (secondary N) is 2. The van der Waals surface area contributed by atoms with Crippen LogP contribution in [-0.2, 0) is 4.74 Å². The Morgan fingerprint density at radius 3 is 2.43 bits per heavy atom. The van der Waals surface area contributed by atoms with E-state index in [0.717, 1.165) is 25.3 Å². The van der Waals surface area contributed by atoms with Crippen molar-refractivity contribution in [3.8, 4) is 0 Å². The van der Waals surface area contributed by atoms with E-state index in [1.54, 1.807) is 12.1 Å². The van der Waals surface area contributed by atoms with Crippen molar-refractivity contribution in [1.82, 2.24) is 10.2 Å². The quantitative estimate of drug-likeness (QED) is 0.684. The van der Waals surface area contributed by atoms with Crippen LogP contribution < -0.4 is 10.6 Å². The Morgan fingerprint density at radius 1 is 0.964 bits per heavy atom. The number of hydrogen-bond donors (Lipinski definition) is 2. The van der Waals surface area contributed by atoms with Crippen LogP contribution in [0.1, 0.15) is 28.6 Å². The van der Waals surface area contributed by atoms with Crippen molar-refractivity contribution in [3.05, 3.63) is 84.1 Å². The molecule has 1 amide bonds. The summed E-state index contributed by atoms with van der Waals surface area (Å²) >= 11 is 0. The number of anilines is 2. The van der Waals surface area contributed by atoms with E-state index in [4.69, 9.17) is 4.74 Å². The molecular formula is C22H22N4O2. The summed E-state index contributed by atoms with van der Waals surface area (Å²) in [6.07, 6.45) is 1.09. The third-order valence-electron chi connectivity index (χ3n) is 4.82. The van der Waals surface area contributed by atoms with Crippen molar-refractivity contribution < 1.29 is 9.53 Å². The minimum Gasteiger partial charge on any atom is -0.373 e. The van der Waals surface area contributed by atoms with Gasteiger partial charge in [0.05, 0.1) is 6.10 Å². The zero-order chi connectivity index (χ0) is 19.2. The largest absolute Gasteiger partial charge is 0.373 e. The van der Waals surface area contributed by atoms with Gasteiger partial charge in [0, 0.05) is 24.8 Å². The van der Waals surface area contributed by atoms with E-state index in [-0.39, 0.29) is 17.7 Å². The van der Waals surface area contributed by atoms with Gasteiger partial charge < -0.3 is 15.4 Å². The fourth-order valence-corrected chi connectivity index (χ4v) is 3.35. The van der Waals surface area contributed by atoms with E-state index in [1.165, 1.54) is 5.56 Å². The molecular weight excluding hydrogens is 352 g/mol. The van der Waals surface area contributed by atoms with Crippen molar-refractivity contribution in [3.63, 3.8) is 0 Å². The van der Waals surface area contributed by atoms with Crippen molar-refractivity contribution in [2.24, 2.45) is 5.92 Å². The Kier molecular flexibility index (Phi) is 5.58. The molecule has 2 aromatic carbocycles. The first-order valence-electron chi connectivity index (χ1n) is 9.40. The van der Waals surface area contributed by atoms with Gasteiger partial charge in [0.25, 0.3) is 5.91 Å². The highest BCUT2D eigenvalue weighted by Gasteiger charge is 2.29. The van der Waals surface area contributed by atoms with Gasteiger partial charge in [-0.05, 0) is 36.2 Å². The van der Waals surface area contributed by atoms with Gasteiger partial charge in [-0.1, -0.05) is 48.5 Å². The Balaban J connectivity index is 1.34. The average molecular weight is 374 g/mol. The van der Waals surface area contributed by atoms with Crippen molar-refractivity contribution in [2.45, 2.75) is 12.5 Å². The second kappa shape index (κ2) is 8.63. The average Bonchev–Trinajstić information content (AvgIpc) is 3.23. The molecule has 6 heteroatoms. The predicted molar refractivity (Wildman–Crippen MR) is 108 cm³/mol. The van der Waals surface area contributed by atoms with E-state index in [2.05, 4.69) is 33.0 Å². The molecule has 1 aliphatic heterocycles. The van der Waals surface area contributed by atoms with Gasteiger partial charge in [-0.3, -0.25) is 4.79 Å². The lowest BCUT2D eigenvalue weighted by atomic mass is 9.95. The SMILES string of the molecule is O=C(Nc1ccccc1)c1ccc(NCC2CCOC2c2ccccc2)nn1. The van der Waals surface area contributed by atoms with Gasteiger partial charge in [0.2, 0.25) is 0 Å². The third-order valence-corrected chi connectivity index (χ3v) is 4.82. The molecule has 0 bridgehead atoms. The van der Waals surface area contributed by atoms with Crippen LogP contribution in [0.25, 0.3) is 0 Å². The van der Waals surface area contributed by atoms with E-state index >= 15 is 0 Å². The number of nitrogens with zero attached hydrogens (tertiary/aromatic N) is 2. The maximum atomic E-state index is 12.2. The highest BCUT2D eigenvalue weighted by Crippen LogP contribution is 2.34. The Morgan fingerprint density at radius 2 is 1.71 bits per heavy atom. The fourth-order valence-electron chi connectivity index (χ4n) is 3.35. The molecule has 2 atom stereocenters. The fraction of sp³-hybridized carbons (Fsp3) is 0.227. The first-order valence-corrected chi connectivity index (χ1v) is 9.40. The summed E-state index contributed by atoms with van der Waals surface area (Å²) in [5.74, 6) is 0.735. The number of aromatic nitrogens is 2. The van der Waals surface area contributed by atoms with E-state index in [9.17, 15) is 4.79 Å². The highest BCUT2D eigenvalue weighted by molar-refractivity contribution is 6.02. The molecule has 28 heavy (non-hydrogen) atoms. The van der Waals surface area contributed by atoms with Gasteiger partial charge in [0.15, 0.2) is 5.69 Å². The normalized spacial score (nSPS) is 18.6. The third kappa shape index (κ3) is 4.35. The van der Waals surface area contributed by atoms with Crippen molar-refractivity contribution in [1.29, 1.82) is 0 Å². The lowest BCUT2D eigenvalue weighted by molar-refractivity contribution is 0.0933. The summed E-state index contributed by atoms with van der Waals surface area (Å²) in [5.41, 5.74) is 2.20. The monoisotopic (exact) mass is 374 g/mol. The summed E-state index contributed by atoms with van der Waals surface area (Å²) in [4.78, 5) is 12.2. The number of para-hydroxylation sites is 1.